The van der Waals surface area contributed by atoms with Gasteiger partial charge in [0.15, 0.2) is 0 Å². The molecule has 7 heteroatoms. The molecule has 0 saturated heterocycles. The number of nitrogens with zero attached hydrogens (tertiary/aromatic N) is 3. The maximum atomic E-state index is 12.3. The minimum absolute atomic E-state index is 0.0850. The third-order valence-electron chi connectivity index (χ3n) is 6.05. The Labute approximate surface area is 176 Å². The molecule has 1 aromatic carbocycles. The molecule has 5 rings (SSSR count). The number of amides is 1. The lowest BCUT2D eigenvalue weighted by molar-refractivity contribution is -0.121. The van der Waals surface area contributed by atoms with Crippen molar-refractivity contribution in [3.05, 3.63) is 47.0 Å². The molecule has 3 heterocycles. The number of para-hydroxylation sites is 2. The van der Waals surface area contributed by atoms with Gasteiger partial charge in [-0.05, 0) is 37.3 Å². The fourth-order valence-corrected chi connectivity index (χ4v) is 4.20. The van der Waals surface area contributed by atoms with E-state index in [0.717, 1.165) is 60.9 Å². The van der Waals surface area contributed by atoms with E-state index in [2.05, 4.69) is 20.0 Å². The van der Waals surface area contributed by atoms with Crippen molar-refractivity contribution in [2.75, 3.05) is 13.2 Å². The van der Waals surface area contributed by atoms with Crippen LogP contribution in [0.1, 0.15) is 48.5 Å². The number of nitrogens with one attached hydrogen (secondary N) is 2. The quantitative estimate of drug-likeness (QED) is 0.534. The molecule has 0 radical (unpaired) electrons. The average Bonchev–Trinajstić information content (AvgIpc) is 3.38. The second-order valence-electron chi connectivity index (χ2n) is 8.45. The van der Waals surface area contributed by atoms with Crippen molar-refractivity contribution in [3.63, 3.8) is 0 Å². The van der Waals surface area contributed by atoms with Crippen LogP contribution >= 0.6 is 0 Å². The van der Waals surface area contributed by atoms with Crippen LogP contribution in [-0.4, -0.2) is 38.8 Å². The zero-order valence-corrected chi connectivity index (χ0v) is 17.3. The minimum Gasteiger partial charge on any atom is -0.376 e. The summed E-state index contributed by atoms with van der Waals surface area (Å²) in [5.74, 6) is 1.85. The van der Waals surface area contributed by atoms with Crippen molar-refractivity contribution in [2.45, 2.75) is 58.1 Å². The number of carbonyl (C=O) groups excluding carboxylic acids is 1. The molecule has 2 aliphatic rings. The van der Waals surface area contributed by atoms with Gasteiger partial charge in [-0.15, -0.1) is 0 Å². The first-order valence-corrected chi connectivity index (χ1v) is 11.1. The number of H-pyrrole nitrogens is 1. The predicted molar refractivity (Wildman–Crippen MR) is 114 cm³/mol. The van der Waals surface area contributed by atoms with Crippen LogP contribution in [0.4, 0.5) is 0 Å². The van der Waals surface area contributed by atoms with Crippen LogP contribution in [0, 0.1) is 5.92 Å². The Morgan fingerprint density at radius 2 is 2.17 bits per heavy atom. The summed E-state index contributed by atoms with van der Waals surface area (Å²) in [7, 11) is 0. The van der Waals surface area contributed by atoms with E-state index in [9.17, 15) is 4.79 Å². The van der Waals surface area contributed by atoms with Crippen LogP contribution < -0.4 is 5.32 Å². The number of aromatic amines is 1. The third-order valence-corrected chi connectivity index (χ3v) is 6.05. The second kappa shape index (κ2) is 8.60. The number of rotatable bonds is 9. The van der Waals surface area contributed by atoms with E-state index in [1.807, 2.05) is 24.3 Å². The van der Waals surface area contributed by atoms with E-state index in [0.29, 0.717) is 26.0 Å². The van der Waals surface area contributed by atoms with Gasteiger partial charge in [0.05, 0.1) is 29.9 Å². The normalized spacial score (nSPS) is 16.0. The predicted octanol–water partition coefficient (Wildman–Crippen LogP) is 2.92. The Morgan fingerprint density at radius 1 is 1.27 bits per heavy atom. The summed E-state index contributed by atoms with van der Waals surface area (Å²) in [6.45, 7) is 3.09. The zero-order chi connectivity index (χ0) is 20.3. The van der Waals surface area contributed by atoms with Crippen molar-refractivity contribution in [3.8, 4) is 0 Å². The van der Waals surface area contributed by atoms with Gasteiger partial charge in [-0.3, -0.25) is 9.48 Å². The summed E-state index contributed by atoms with van der Waals surface area (Å²) >= 11 is 0. The molecule has 2 N–H and O–H groups in total. The first-order chi connectivity index (χ1) is 14.8. The second-order valence-corrected chi connectivity index (χ2v) is 8.45. The molecule has 1 amide bonds. The third kappa shape index (κ3) is 4.41. The Balaban J connectivity index is 1.09. The Kier molecular flexibility index (Phi) is 5.53. The molecule has 1 fully saturated rings. The molecule has 2 aromatic heterocycles. The number of carbonyl (C=O) groups is 1. The maximum absolute atomic E-state index is 12.3. The molecule has 1 aliphatic heterocycles. The first-order valence-electron chi connectivity index (χ1n) is 11.1. The van der Waals surface area contributed by atoms with Gasteiger partial charge in [0.2, 0.25) is 5.91 Å². The molecule has 3 aromatic rings. The van der Waals surface area contributed by atoms with Crippen LogP contribution in [-0.2, 0) is 41.9 Å². The number of hydrogen-bond acceptors (Lipinski definition) is 4. The lowest BCUT2D eigenvalue weighted by Crippen LogP contribution is -2.25. The van der Waals surface area contributed by atoms with Crippen molar-refractivity contribution >= 4 is 16.9 Å². The molecular formula is C23H29N5O2. The summed E-state index contributed by atoms with van der Waals surface area (Å²) in [4.78, 5) is 20.2. The molecule has 7 nitrogen and oxygen atoms in total. The van der Waals surface area contributed by atoms with E-state index in [4.69, 9.17) is 9.84 Å². The summed E-state index contributed by atoms with van der Waals surface area (Å²) in [6, 6.07) is 8.03. The van der Waals surface area contributed by atoms with Crippen LogP contribution in [0.2, 0.25) is 0 Å². The molecule has 30 heavy (non-hydrogen) atoms. The first kappa shape index (κ1) is 19.3. The average molecular weight is 408 g/mol. The summed E-state index contributed by atoms with van der Waals surface area (Å²) in [5, 5.41) is 7.88. The van der Waals surface area contributed by atoms with Crippen LogP contribution in [0.3, 0.4) is 0 Å². The van der Waals surface area contributed by atoms with Gasteiger partial charge >= 0.3 is 0 Å². The topological polar surface area (TPSA) is 84.8 Å². The highest BCUT2D eigenvalue weighted by Gasteiger charge is 2.27. The lowest BCUT2D eigenvalue weighted by atomic mass is 10.1. The molecule has 0 spiro atoms. The number of aromatic nitrogens is 4. The van der Waals surface area contributed by atoms with E-state index >= 15 is 0 Å². The summed E-state index contributed by atoms with van der Waals surface area (Å²) < 4.78 is 7.85. The van der Waals surface area contributed by atoms with E-state index in [1.165, 1.54) is 24.1 Å². The number of fused-ring (bicyclic) bond motifs is 2. The lowest BCUT2D eigenvalue weighted by Gasteiger charge is -2.15. The fourth-order valence-electron chi connectivity index (χ4n) is 4.20. The van der Waals surface area contributed by atoms with Crippen molar-refractivity contribution in [1.29, 1.82) is 0 Å². The minimum atomic E-state index is 0.0850. The van der Waals surface area contributed by atoms with Gasteiger partial charge in [-0.2, -0.15) is 5.10 Å². The Bertz CT molecular complexity index is 1000. The van der Waals surface area contributed by atoms with E-state index in [-0.39, 0.29) is 5.91 Å². The van der Waals surface area contributed by atoms with Crippen molar-refractivity contribution in [2.24, 2.45) is 5.92 Å². The van der Waals surface area contributed by atoms with Gasteiger partial charge in [-0.25, -0.2) is 4.98 Å². The van der Waals surface area contributed by atoms with Gasteiger partial charge < -0.3 is 15.0 Å². The fraction of sp³-hybridized carbons (Fsp3) is 0.522. The molecule has 0 bridgehead atoms. The zero-order valence-electron chi connectivity index (χ0n) is 17.3. The molecule has 1 saturated carbocycles. The monoisotopic (exact) mass is 407 g/mol. The number of aryl methyl sites for hydroxylation is 2. The standard InChI is InChI=1S/C23H29N5O2/c29-23(24-12-3-6-22-25-19-4-1-2-5-20(19)26-22)10-9-18-17-15-30-13-11-21(17)28(27-18)14-16-7-8-16/h1-2,4-5,16H,3,6-15H2,(H,24,29)(H,25,26). The molecule has 0 unspecified atom stereocenters. The summed E-state index contributed by atoms with van der Waals surface area (Å²) in [5.41, 5.74) is 5.65. The van der Waals surface area contributed by atoms with Gasteiger partial charge in [-0.1, -0.05) is 12.1 Å². The number of imidazole rings is 1. The van der Waals surface area contributed by atoms with Gasteiger partial charge in [0.1, 0.15) is 5.82 Å². The maximum Gasteiger partial charge on any atom is 0.220 e. The molecule has 158 valence electrons. The summed E-state index contributed by atoms with van der Waals surface area (Å²) in [6.07, 6.45) is 6.41. The van der Waals surface area contributed by atoms with Crippen LogP contribution in [0.5, 0.6) is 0 Å². The van der Waals surface area contributed by atoms with Crippen molar-refractivity contribution in [1.82, 2.24) is 25.1 Å². The van der Waals surface area contributed by atoms with Crippen molar-refractivity contribution < 1.29 is 9.53 Å². The number of ether oxygens (including phenoxy) is 1. The Hall–Kier alpha value is -2.67. The SMILES string of the molecule is O=C(CCc1nn(CC2CC2)c2c1COCC2)NCCCc1nc2ccccc2[nH]1. The largest absolute Gasteiger partial charge is 0.376 e. The van der Waals surface area contributed by atoms with Gasteiger partial charge in [0, 0.05) is 50.0 Å². The van der Waals surface area contributed by atoms with Crippen LogP contribution in [0.15, 0.2) is 24.3 Å². The number of benzene rings is 1. The highest BCUT2D eigenvalue weighted by molar-refractivity contribution is 5.76. The Morgan fingerprint density at radius 3 is 3.03 bits per heavy atom. The molecular weight excluding hydrogens is 378 g/mol. The van der Waals surface area contributed by atoms with E-state index < -0.39 is 0 Å². The molecule has 1 aliphatic carbocycles. The highest BCUT2D eigenvalue weighted by Crippen LogP contribution is 2.32. The molecule has 0 atom stereocenters. The van der Waals surface area contributed by atoms with Gasteiger partial charge in [0.25, 0.3) is 0 Å². The van der Waals surface area contributed by atoms with E-state index in [1.54, 1.807) is 0 Å². The van der Waals surface area contributed by atoms with Crippen LogP contribution in [0.25, 0.3) is 11.0 Å². The highest BCUT2D eigenvalue weighted by atomic mass is 16.5. The number of hydrogen-bond donors (Lipinski definition) is 2. The smallest absolute Gasteiger partial charge is 0.220 e.